The second-order valence-corrected chi connectivity index (χ2v) is 7.73. The summed E-state index contributed by atoms with van der Waals surface area (Å²) < 4.78 is 13.2. The van der Waals surface area contributed by atoms with Gasteiger partial charge in [-0.15, -0.1) is 0 Å². The van der Waals surface area contributed by atoms with E-state index in [1.807, 2.05) is 32.0 Å². The maximum Gasteiger partial charge on any atom is 0.279 e. The number of hydrogen-bond donors (Lipinski definition) is 4. The topological polar surface area (TPSA) is 67.1 Å². The average Bonchev–Trinajstić information content (AvgIpc) is 2.66. The third kappa shape index (κ3) is 6.10. The molecule has 4 N–H and O–H groups in total. The number of nitrogens with one attached hydrogen (secondary N) is 4. The smallest absolute Gasteiger partial charge is 0.279 e. The van der Waals surface area contributed by atoms with Gasteiger partial charge in [0.25, 0.3) is 11.8 Å². The Hall–Kier alpha value is -2.77. The number of anilines is 2. The highest BCUT2D eigenvalue weighted by molar-refractivity contribution is 5.93. The number of benzene rings is 2. The minimum absolute atomic E-state index is 0.0182. The first-order valence-corrected chi connectivity index (χ1v) is 9.99. The maximum atomic E-state index is 13.2. The highest BCUT2D eigenvalue weighted by atomic mass is 19.1. The predicted molar refractivity (Wildman–Crippen MR) is 111 cm³/mol. The molecule has 0 atom stereocenters. The normalized spacial score (nSPS) is 18.9. The number of halogens is 1. The van der Waals surface area contributed by atoms with Gasteiger partial charge < -0.3 is 20.4 Å². The first-order chi connectivity index (χ1) is 13.9. The zero-order chi connectivity index (χ0) is 20.8. The van der Waals surface area contributed by atoms with E-state index < -0.39 is 0 Å². The van der Waals surface area contributed by atoms with E-state index in [1.165, 1.54) is 21.9 Å². The Morgan fingerprint density at radius 2 is 1.38 bits per heavy atom. The molecule has 0 aromatic heterocycles. The summed E-state index contributed by atoms with van der Waals surface area (Å²) in [7, 11) is 0. The van der Waals surface area contributed by atoms with Crippen molar-refractivity contribution in [2.45, 2.75) is 13.8 Å². The van der Waals surface area contributed by atoms with Crippen molar-refractivity contribution in [1.29, 1.82) is 0 Å². The van der Waals surface area contributed by atoms with E-state index in [9.17, 15) is 14.0 Å². The van der Waals surface area contributed by atoms with Crippen LogP contribution in [0.4, 0.5) is 15.8 Å². The van der Waals surface area contributed by atoms with Crippen LogP contribution in [0.2, 0.25) is 0 Å². The van der Waals surface area contributed by atoms with Gasteiger partial charge in [-0.25, -0.2) is 4.39 Å². The van der Waals surface area contributed by atoms with E-state index >= 15 is 0 Å². The van der Waals surface area contributed by atoms with Gasteiger partial charge in [-0.05, 0) is 43.2 Å². The van der Waals surface area contributed by atoms with Crippen molar-refractivity contribution in [3.63, 3.8) is 0 Å². The van der Waals surface area contributed by atoms with Crippen molar-refractivity contribution in [3.05, 3.63) is 59.4 Å². The van der Waals surface area contributed by atoms with E-state index in [0.29, 0.717) is 18.8 Å². The van der Waals surface area contributed by atoms with Crippen LogP contribution in [0.3, 0.4) is 0 Å². The fourth-order valence-electron chi connectivity index (χ4n) is 3.73. The van der Waals surface area contributed by atoms with Gasteiger partial charge in [0.1, 0.15) is 32.0 Å². The van der Waals surface area contributed by atoms with Crippen LogP contribution in [-0.2, 0) is 9.59 Å². The fraction of sp³-hybridized carbons (Fsp3) is 0.364. The molecule has 1 aliphatic rings. The minimum atomic E-state index is -0.369. The summed E-state index contributed by atoms with van der Waals surface area (Å²) in [6.07, 6.45) is 0. The number of para-hydroxylation sites is 1. The van der Waals surface area contributed by atoms with Crippen molar-refractivity contribution >= 4 is 23.2 Å². The molecule has 1 heterocycles. The molecule has 0 radical (unpaired) electrons. The van der Waals surface area contributed by atoms with Crippen LogP contribution < -0.4 is 20.4 Å². The Labute approximate surface area is 170 Å². The van der Waals surface area contributed by atoms with E-state index in [4.69, 9.17) is 0 Å². The number of rotatable bonds is 6. The number of piperazine rings is 1. The Morgan fingerprint density at radius 1 is 0.862 bits per heavy atom. The maximum absolute atomic E-state index is 13.2. The quantitative estimate of drug-likeness (QED) is 0.543. The van der Waals surface area contributed by atoms with Crippen LogP contribution >= 0.6 is 0 Å². The molecule has 1 saturated heterocycles. The molecule has 6 nitrogen and oxygen atoms in total. The molecule has 154 valence electrons. The van der Waals surface area contributed by atoms with Crippen LogP contribution in [0.25, 0.3) is 0 Å². The Kier molecular flexibility index (Phi) is 6.95. The van der Waals surface area contributed by atoms with Crippen molar-refractivity contribution in [3.8, 4) is 0 Å². The Balaban J connectivity index is 1.42. The predicted octanol–water partition coefficient (Wildman–Crippen LogP) is -0.197. The third-order valence-corrected chi connectivity index (χ3v) is 5.34. The van der Waals surface area contributed by atoms with Crippen LogP contribution in [0.15, 0.2) is 42.5 Å². The summed E-state index contributed by atoms with van der Waals surface area (Å²) in [6.45, 7) is 8.07. The summed E-state index contributed by atoms with van der Waals surface area (Å²) in [5.74, 6) is -0.474. The molecule has 7 heteroatoms. The second kappa shape index (κ2) is 9.62. The van der Waals surface area contributed by atoms with Crippen LogP contribution in [-0.4, -0.2) is 51.1 Å². The number of carbonyl (C=O) groups is 2. The molecule has 0 bridgehead atoms. The monoisotopic (exact) mass is 400 g/mol. The molecular weight excluding hydrogens is 371 g/mol. The standard InChI is InChI=1S/C22H27FN4O2/c1-16-5-3-6-17(2)22(16)25-21(29)15-27-11-9-26(10-12-27)14-20(28)24-19-8-4-7-18(23)13-19/h3-8,13H,9-12,14-15H2,1-2H3,(H,24,28)(H,25,29)/p+2. The first kappa shape index (κ1) is 21.0. The average molecular weight is 400 g/mol. The lowest BCUT2D eigenvalue weighted by Gasteiger charge is -2.29. The van der Waals surface area contributed by atoms with Crippen LogP contribution in [0.1, 0.15) is 11.1 Å². The highest BCUT2D eigenvalue weighted by Gasteiger charge is 2.26. The number of hydrogen-bond acceptors (Lipinski definition) is 2. The zero-order valence-electron chi connectivity index (χ0n) is 17.0. The zero-order valence-corrected chi connectivity index (χ0v) is 17.0. The van der Waals surface area contributed by atoms with Gasteiger partial charge >= 0.3 is 0 Å². The molecule has 3 rings (SSSR count). The summed E-state index contributed by atoms with van der Waals surface area (Å²) in [4.78, 5) is 27.0. The molecule has 2 amide bonds. The number of carbonyl (C=O) groups excluding carboxylic acids is 2. The van der Waals surface area contributed by atoms with Crippen LogP contribution in [0, 0.1) is 19.7 Å². The summed E-state index contributed by atoms with van der Waals surface area (Å²) in [5.41, 5.74) is 3.50. The van der Waals surface area contributed by atoms with E-state index in [1.54, 1.807) is 12.1 Å². The number of quaternary nitrogens is 2. The molecule has 0 saturated carbocycles. The number of amides is 2. The fourth-order valence-corrected chi connectivity index (χ4v) is 3.73. The lowest BCUT2D eigenvalue weighted by molar-refractivity contribution is -1.00. The SMILES string of the molecule is Cc1cccc(C)c1NC(=O)C[NH+]1CC[NH+](CC(=O)Nc2cccc(F)c2)CC1. The second-order valence-electron chi connectivity index (χ2n) is 7.73. The van der Waals surface area contributed by atoms with Gasteiger partial charge in [0.05, 0.1) is 0 Å². The van der Waals surface area contributed by atoms with Gasteiger partial charge in [-0.3, -0.25) is 9.59 Å². The van der Waals surface area contributed by atoms with Crippen molar-refractivity contribution in [2.75, 3.05) is 49.9 Å². The van der Waals surface area contributed by atoms with E-state index in [0.717, 1.165) is 43.0 Å². The van der Waals surface area contributed by atoms with Gasteiger partial charge in [0, 0.05) is 11.4 Å². The van der Waals surface area contributed by atoms with Gasteiger partial charge in [0.2, 0.25) is 0 Å². The van der Waals surface area contributed by atoms with Gasteiger partial charge in [-0.2, -0.15) is 0 Å². The summed E-state index contributed by atoms with van der Waals surface area (Å²) in [5, 5.41) is 5.78. The largest absolute Gasteiger partial charge is 0.321 e. The lowest BCUT2D eigenvalue weighted by atomic mass is 10.1. The van der Waals surface area contributed by atoms with Crippen LogP contribution in [0.5, 0.6) is 0 Å². The highest BCUT2D eigenvalue weighted by Crippen LogP contribution is 2.18. The van der Waals surface area contributed by atoms with Gasteiger partial charge in [-0.1, -0.05) is 24.3 Å². The third-order valence-electron chi connectivity index (χ3n) is 5.34. The lowest BCUT2D eigenvalue weighted by Crippen LogP contribution is -3.28. The summed E-state index contributed by atoms with van der Waals surface area (Å²) in [6, 6.07) is 11.9. The van der Waals surface area contributed by atoms with Gasteiger partial charge in [0.15, 0.2) is 13.1 Å². The van der Waals surface area contributed by atoms with Crippen molar-refractivity contribution in [1.82, 2.24) is 0 Å². The molecule has 2 aromatic rings. The molecule has 1 aliphatic heterocycles. The summed E-state index contributed by atoms with van der Waals surface area (Å²) >= 11 is 0. The first-order valence-electron chi connectivity index (χ1n) is 9.99. The molecule has 29 heavy (non-hydrogen) atoms. The molecule has 0 spiro atoms. The van der Waals surface area contributed by atoms with Crippen molar-refractivity contribution < 1.29 is 23.8 Å². The minimum Gasteiger partial charge on any atom is -0.321 e. The van der Waals surface area contributed by atoms with E-state index in [-0.39, 0.29) is 17.6 Å². The van der Waals surface area contributed by atoms with E-state index in [2.05, 4.69) is 10.6 Å². The molecule has 0 aliphatic carbocycles. The Bertz CT molecular complexity index is 859. The molecular formula is C22H29FN4O2+2. The van der Waals surface area contributed by atoms with Crippen molar-refractivity contribution in [2.24, 2.45) is 0 Å². The number of aryl methyl sites for hydroxylation is 2. The Morgan fingerprint density at radius 3 is 1.93 bits per heavy atom. The molecule has 0 unspecified atom stereocenters. The molecule has 1 fully saturated rings. The molecule has 2 aromatic carbocycles.